The monoisotopic (exact) mass is 448 g/mol. The molecule has 0 spiro atoms. The summed E-state index contributed by atoms with van der Waals surface area (Å²) in [6.07, 6.45) is 13.3. The van der Waals surface area contributed by atoms with Gasteiger partial charge in [0.1, 0.15) is 0 Å². The summed E-state index contributed by atoms with van der Waals surface area (Å²) in [4.78, 5) is 0. The molecule has 3 rings (SSSR count). The molecule has 0 N–H and O–H groups in total. The maximum absolute atomic E-state index is 3.64. The van der Waals surface area contributed by atoms with Crippen LogP contribution in [-0.2, 0) is 21.7 Å². The van der Waals surface area contributed by atoms with E-state index < -0.39 is 8.07 Å². The van der Waals surface area contributed by atoms with Crippen molar-refractivity contribution in [2.45, 2.75) is 58.0 Å². The van der Waals surface area contributed by atoms with Gasteiger partial charge in [-0.2, -0.15) is 11.3 Å². The van der Waals surface area contributed by atoms with Crippen molar-refractivity contribution in [2.75, 3.05) is 0 Å². The van der Waals surface area contributed by atoms with Crippen molar-refractivity contribution >= 4 is 13.3 Å². The Balaban J connectivity index is 0. The van der Waals surface area contributed by atoms with Gasteiger partial charge >= 0.3 is 21.7 Å². The third-order valence-corrected chi connectivity index (χ3v) is 11.0. The molecule has 0 radical (unpaired) electrons. The zero-order valence-electron chi connectivity index (χ0n) is 15.3. The topological polar surface area (TPSA) is 0 Å². The first-order chi connectivity index (χ1) is 10.1. The van der Waals surface area contributed by atoms with E-state index in [1.165, 1.54) is 37.7 Å². The number of halogens is 3. The first-order valence-corrected chi connectivity index (χ1v) is 11.1. The minimum atomic E-state index is -1.63. The molecule has 1 aromatic rings. The van der Waals surface area contributed by atoms with E-state index in [-0.39, 0.29) is 58.9 Å². The van der Waals surface area contributed by atoms with Crippen molar-refractivity contribution in [1.29, 1.82) is 0 Å². The van der Waals surface area contributed by atoms with E-state index in [4.69, 9.17) is 0 Å². The maximum atomic E-state index is 3.64. The Morgan fingerprint density at radius 1 is 0.960 bits per heavy atom. The van der Waals surface area contributed by atoms with Crippen LogP contribution in [0.2, 0.25) is 12.1 Å². The summed E-state index contributed by atoms with van der Waals surface area (Å²) >= 11 is 0. The van der Waals surface area contributed by atoms with Gasteiger partial charge in [-0.1, -0.05) is 99.5 Å². The molecule has 25 heavy (non-hydrogen) atoms. The molecule has 5 heteroatoms. The Bertz CT molecular complexity index is 568. The molecule has 2 unspecified atom stereocenters. The summed E-state index contributed by atoms with van der Waals surface area (Å²) in [5.74, 6) is 0.499. The molecule has 0 aliphatic heterocycles. The molecular formula is C20H27Cl3SiTi. The average Bonchev–Trinajstić information content (AvgIpc) is 2.87. The first kappa shape index (κ1) is 27.7. The fraction of sp³-hybridized carbons (Fsp3) is 0.500. The molecule has 136 valence electrons. The molecule has 0 heterocycles. The molecule has 0 saturated heterocycles. The second kappa shape index (κ2) is 12.1. The van der Waals surface area contributed by atoms with Gasteiger partial charge in [0.05, 0.1) is 0 Å². The number of benzene rings is 1. The van der Waals surface area contributed by atoms with E-state index >= 15 is 0 Å². The van der Waals surface area contributed by atoms with Crippen LogP contribution in [0.5, 0.6) is 0 Å². The van der Waals surface area contributed by atoms with Crippen LogP contribution >= 0.6 is 0 Å². The third kappa shape index (κ3) is 5.74. The maximum Gasteiger partial charge on any atom is 4.00 e. The molecule has 2 aliphatic carbocycles. The fourth-order valence-corrected chi connectivity index (χ4v) is 9.59. The summed E-state index contributed by atoms with van der Waals surface area (Å²) in [5, 5.41) is 3.30. The van der Waals surface area contributed by atoms with Crippen molar-refractivity contribution in [1.82, 2.24) is 0 Å². The predicted octanol–water partition coefficient (Wildman–Crippen LogP) is -3.82. The second-order valence-electron chi connectivity index (χ2n) is 7.04. The molecule has 0 bridgehead atoms. The smallest absolute Gasteiger partial charge is 1.00 e. The van der Waals surface area contributed by atoms with Crippen LogP contribution in [0.15, 0.2) is 47.2 Å². The molecule has 2 aliphatic rings. The van der Waals surface area contributed by atoms with Crippen LogP contribution < -0.4 is 42.4 Å². The van der Waals surface area contributed by atoms with Gasteiger partial charge in [-0.25, -0.2) is 5.57 Å². The predicted molar refractivity (Wildman–Crippen MR) is 94.2 cm³/mol. The Morgan fingerprint density at radius 3 is 2.00 bits per heavy atom. The van der Waals surface area contributed by atoms with Gasteiger partial charge in [0.25, 0.3) is 0 Å². The summed E-state index contributed by atoms with van der Waals surface area (Å²) in [6.45, 7) is 7.18. The molecule has 1 fully saturated rings. The zero-order valence-corrected chi connectivity index (χ0v) is 20.1. The van der Waals surface area contributed by atoms with Crippen LogP contribution in [0.25, 0.3) is 0 Å². The summed E-state index contributed by atoms with van der Waals surface area (Å²) in [5.41, 5.74) is 2.34. The van der Waals surface area contributed by atoms with Gasteiger partial charge in [0, 0.05) is 8.07 Å². The van der Waals surface area contributed by atoms with Crippen molar-refractivity contribution in [2.24, 2.45) is 5.92 Å². The van der Waals surface area contributed by atoms with E-state index in [1.807, 2.05) is 0 Å². The van der Waals surface area contributed by atoms with Crippen molar-refractivity contribution in [3.8, 4) is 0 Å². The standard InChI is InChI=1S/C20H27Si.3ClH.Ti/c1-16-14-17(2)20(15-16)21(3,18-10-6-4-7-11-18)19-12-8-5-9-13-19;;;;/h4,6-7,10-11,15-16,19H,5,8-9,12-13H2,1-3H3;3*1H;/q-1;;;;+4/p-3. The average molecular weight is 450 g/mol. The van der Waals surface area contributed by atoms with E-state index in [0.717, 1.165) is 5.54 Å². The van der Waals surface area contributed by atoms with Gasteiger partial charge in [0.2, 0.25) is 0 Å². The minimum Gasteiger partial charge on any atom is -1.00 e. The first-order valence-electron chi connectivity index (χ1n) is 8.50. The molecule has 0 nitrogen and oxygen atoms in total. The van der Waals surface area contributed by atoms with Crippen LogP contribution in [0.1, 0.15) is 46.0 Å². The number of hydrogen-bond donors (Lipinski definition) is 0. The number of hydrogen-bond acceptors (Lipinski definition) is 0. The van der Waals surface area contributed by atoms with Gasteiger partial charge in [-0.3, -0.25) is 6.08 Å². The molecular weight excluding hydrogens is 423 g/mol. The summed E-state index contributed by atoms with van der Waals surface area (Å²) < 4.78 is 0. The van der Waals surface area contributed by atoms with Crippen molar-refractivity contribution in [3.63, 3.8) is 0 Å². The Hall–Kier alpha value is 0.501. The van der Waals surface area contributed by atoms with Crippen LogP contribution in [0.3, 0.4) is 0 Å². The Labute approximate surface area is 188 Å². The van der Waals surface area contributed by atoms with Gasteiger partial charge < -0.3 is 37.2 Å². The zero-order chi connectivity index (χ0) is 14.9. The van der Waals surface area contributed by atoms with Crippen LogP contribution in [0, 0.1) is 12.0 Å². The quantitative estimate of drug-likeness (QED) is 0.328. The van der Waals surface area contributed by atoms with Gasteiger partial charge in [-0.15, -0.1) is 0 Å². The van der Waals surface area contributed by atoms with Gasteiger partial charge in [0.15, 0.2) is 0 Å². The van der Waals surface area contributed by atoms with Crippen LogP contribution in [-0.4, -0.2) is 8.07 Å². The van der Waals surface area contributed by atoms with Crippen molar-refractivity contribution in [3.05, 3.63) is 53.3 Å². The van der Waals surface area contributed by atoms with Crippen LogP contribution in [0.4, 0.5) is 0 Å². The number of allylic oxidation sites excluding steroid dienone is 4. The molecule has 1 aromatic carbocycles. The van der Waals surface area contributed by atoms with E-state index in [1.54, 1.807) is 10.4 Å². The number of rotatable bonds is 3. The van der Waals surface area contributed by atoms with Gasteiger partial charge in [-0.05, 0) is 0 Å². The molecule has 0 amide bonds. The largest absolute Gasteiger partial charge is 4.00 e. The minimum absolute atomic E-state index is 0. The normalized spacial score (nSPS) is 22.0. The third-order valence-electron chi connectivity index (χ3n) is 5.62. The summed E-state index contributed by atoms with van der Waals surface area (Å²) in [7, 11) is -1.63. The molecule has 1 saturated carbocycles. The van der Waals surface area contributed by atoms with E-state index in [2.05, 4.69) is 62.9 Å². The summed E-state index contributed by atoms with van der Waals surface area (Å²) in [6, 6.07) is 11.4. The van der Waals surface area contributed by atoms with E-state index in [9.17, 15) is 0 Å². The second-order valence-corrected chi connectivity index (χ2v) is 11.4. The SMILES string of the molecule is CC1=[C-]C(C)C=C1[Si](C)(c1ccccc1)C1CCCCC1.[Cl-].[Cl-].[Cl-].[Ti+4]. The van der Waals surface area contributed by atoms with Crippen molar-refractivity contribution < 1.29 is 58.9 Å². The Morgan fingerprint density at radius 2 is 1.52 bits per heavy atom. The fourth-order valence-electron chi connectivity index (χ4n) is 4.47. The van der Waals surface area contributed by atoms with E-state index in [0.29, 0.717) is 5.92 Å². The molecule has 0 aromatic heterocycles. The molecule has 2 atom stereocenters. The Kier molecular flexibility index (Phi) is 13.4.